The second kappa shape index (κ2) is 8.89. The first-order chi connectivity index (χ1) is 15.0. The van der Waals surface area contributed by atoms with E-state index in [-0.39, 0.29) is 11.6 Å². The zero-order chi connectivity index (χ0) is 23.6. The fraction of sp³-hybridized carbons (Fsp3) is 0.400. The fourth-order valence-electron chi connectivity index (χ4n) is 3.47. The molecule has 12 heteroatoms. The van der Waals surface area contributed by atoms with Crippen LogP contribution in [0.4, 0.5) is 13.2 Å². The first-order valence-corrected chi connectivity index (χ1v) is 9.80. The number of nitrogens with one attached hydrogen (secondary N) is 2. The van der Waals surface area contributed by atoms with Crippen molar-refractivity contribution in [3.63, 3.8) is 0 Å². The maximum Gasteiger partial charge on any atom is 0.490 e. The number of fused-ring (bicyclic) bond motifs is 1. The van der Waals surface area contributed by atoms with Crippen LogP contribution in [-0.2, 0) is 4.79 Å². The average Bonchev–Trinajstić information content (AvgIpc) is 3.34. The van der Waals surface area contributed by atoms with Gasteiger partial charge in [-0.05, 0) is 44.9 Å². The number of carbonyl (C=O) groups excluding carboxylic acids is 1. The van der Waals surface area contributed by atoms with Crippen LogP contribution in [0.1, 0.15) is 46.5 Å². The Balaban J connectivity index is 0.000000360. The van der Waals surface area contributed by atoms with Crippen molar-refractivity contribution in [2.24, 2.45) is 0 Å². The number of carbonyl (C=O) groups is 2. The first-order valence-electron chi connectivity index (χ1n) is 9.80. The van der Waals surface area contributed by atoms with Gasteiger partial charge in [0.2, 0.25) is 0 Å². The standard InChI is InChI=1S/C18H21N5O2.C2HF3O2/c1-11-12(2)20-16(19-11)13-5-8-22(9-6-13)17(24)15-10-14-4-3-7-23(14)18(25)21-15;3-2(4,5)1(6)7/h3-4,7,10,13H,5-6,8-9H2,1-2H3,(H,19,20)(H,21,25);(H,6,7). The van der Waals surface area contributed by atoms with Crippen molar-refractivity contribution in [2.75, 3.05) is 13.1 Å². The van der Waals surface area contributed by atoms with Crippen LogP contribution in [0.3, 0.4) is 0 Å². The number of piperidine rings is 1. The molecule has 1 amide bonds. The first kappa shape index (κ1) is 23.1. The molecule has 4 heterocycles. The number of aromatic nitrogens is 4. The number of carboxylic acid groups (broad SMARTS) is 1. The second-order valence-electron chi connectivity index (χ2n) is 7.49. The number of carboxylic acids is 1. The summed E-state index contributed by atoms with van der Waals surface area (Å²) in [6, 6.07) is 5.34. The molecular weight excluding hydrogens is 431 g/mol. The second-order valence-corrected chi connectivity index (χ2v) is 7.49. The predicted molar refractivity (Wildman–Crippen MR) is 108 cm³/mol. The summed E-state index contributed by atoms with van der Waals surface area (Å²) in [6.07, 6.45) is -1.66. The maximum absolute atomic E-state index is 12.7. The number of likely N-dealkylation sites (tertiary alicyclic amines) is 1. The molecule has 4 rings (SSSR count). The number of H-pyrrole nitrogens is 2. The Morgan fingerprint density at radius 1 is 1.19 bits per heavy atom. The molecule has 0 saturated carbocycles. The number of aryl methyl sites for hydroxylation is 2. The monoisotopic (exact) mass is 453 g/mol. The number of nitrogens with zero attached hydrogens (tertiary/aromatic N) is 3. The Morgan fingerprint density at radius 3 is 2.34 bits per heavy atom. The maximum atomic E-state index is 12.7. The molecule has 3 aromatic rings. The van der Waals surface area contributed by atoms with Crippen LogP contribution >= 0.6 is 0 Å². The number of halogens is 3. The van der Waals surface area contributed by atoms with Gasteiger partial charge >= 0.3 is 17.8 Å². The molecule has 1 aliphatic rings. The minimum Gasteiger partial charge on any atom is -0.475 e. The third-order valence-corrected chi connectivity index (χ3v) is 5.32. The molecule has 9 nitrogen and oxygen atoms in total. The highest BCUT2D eigenvalue weighted by atomic mass is 19.4. The van der Waals surface area contributed by atoms with Crippen molar-refractivity contribution in [1.29, 1.82) is 0 Å². The van der Waals surface area contributed by atoms with Crippen LogP contribution < -0.4 is 5.69 Å². The van der Waals surface area contributed by atoms with E-state index < -0.39 is 12.1 Å². The van der Waals surface area contributed by atoms with Crippen LogP contribution in [0, 0.1) is 13.8 Å². The molecule has 0 aliphatic carbocycles. The van der Waals surface area contributed by atoms with Gasteiger partial charge in [-0.1, -0.05) is 0 Å². The third-order valence-electron chi connectivity index (χ3n) is 5.32. The van der Waals surface area contributed by atoms with Gasteiger partial charge < -0.3 is 20.0 Å². The molecule has 1 aliphatic heterocycles. The van der Waals surface area contributed by atoms with Gasteiger partial charge in [0.1, 0.15) is 11.5 Å². The van der Waals surface area contributed by atoms with Crippen molar-refractivity contribution in [3.8, 4) is 0 Å². The van der Waals surface area contributed by atoms with E-state index >= 15 is 0 Å². The van der Waals surface area contributed by atoms with Gasteiger partial charge in [-0.2, -0.15) is 13.2 Å². The molecule has 172 valence electrons. The summed E-state index contributed by atoms with van der Waals surface area (Å²) in [4.78, 5) is 46.1. The van der Waals surface area contributed by atoms with E-state index in [1.54, 1.807) is 18.3 Å². The van der Waals surface area contributed by atoms with Gasteiger partial charge in [0, 0.05) is 30.9 Å². The quantitative estimate of drug-likeness (QED) is 0.550. The van der Waals surface area contributed by atoms with Gasteiger partial charge in [-0.3, -0.25) is 9.20 Å². The lowest BCUT2D eigenvalue weighted by atomic mass is 9.96. The predicted octanol–water partition coefficient (Wildman–Crippen LogP) is 2.62. The third kappa shape index (κ3) is 5.01. The van der Waals surface area contributed by atoms with E-state index in [9.17, 15) is 22.8 Å². The number of hydrogen-bond acceptors (Lipinski definition) is 4. The molecule has 1 saturated heterocycles. The van der Waals surface area contributed by atoms with Gasteiger partial charge in [-0.15, -0.1) is 0 Å². The Kier molecular flexibility index (Phi) is 6.42. The smallest absolute Gasteiger partial charge is 0.475 e. The van der Waals surface area contributed by atoms with Crippen molar-refractivity contribution in [2.45, 2.75) is 38.8 Å². The molecule has 3 aromatic heterocycles. The van der Waals surface area contributed by atoms with Crippen LogP contribution in [0.25, 0.3) is 5.52 Å². The van der Waals surface area contributed by atoms with Crippen molar-refractivity contribution in [1.82, 2.24) is 24.3 Å². The fourth-order valence-corrected chi connectivity index (χ4v) is 3.47. The molecule has 3 N–H and O–H groups in total. The van der Waals surface area contributed by atoms with E-state index in [1.165, 1.54) is 4.40 Å². The summed E-state index contributed by atoms with van der Waals surface area (Å²) < 4.78 is 33.2. The summed E-state index contributed by atoms with van der Waals surface area (Å²) >= 11 is 0. The highest BCUT2D eigenvalue weighted by Gasteiger charge is 2.38. The lowest BCUT2D eigenvalue weighted by molar-refractivity contribution is -0.192. The van der Waals surface area contributed by atoms with Crippen molar-refractivity contribution in [3.05, 3.63) is 57.8 Å². The number of rotatable bonds is 2. The molecule has 0 spiro atoms. The average molecular weight is 453 g/mol. The molecule has 0 radical (unpaired) electrons. The number of imidazole rings is 1. The minimum absolute atomic E-state index is 0.119. The van der Waals surface area contributed by atoms with E-state index in [4.69, 9.17) is 9.90 Å². The van der Waals surface area contributed by atoms with Gasteiger partial charge in [-0.25, -0.2) is 14.6 Å². The number of hydrogen-bond donors (Lipinski definition) is 3. The van der Waals surface area contributed by atoms with Crippen molar-refractivity contribution >= 4 is 17.4 Å². The number of aromatic amines is 2. The highest BCUT2D eigenvalue weighted by Crippen LogP contribution is 2.27. The lowest BCUT2D eigenvalue weighted by Gasteiger charge is -2.31. The summed E-state index contributed by atoms with van der Waals surface area (Å²) in [5.41, 5.74) is 2.92. The SMILES string of the molecule is Cc1nc(C2CCN(C(=O)c3cc4cccn4c(=O)[nH]3)CC2)[nH]c1C.O=C(O)C(F)(F)F. The van der Waals surface area contributed by atoms with Gasteiger partial charge in [0.25, 0.3) is 5.91 Å². The number of alkyl halides is 3. The van der Waals surface area contributed by atoms with Crippen LogP contribution in [0.15, 0.2) is 29.2 Å². The zero-order valence-electron chi connectivity index (χ0n) is 17.4. The summed E-state index contributed by atoms with van der Waals surface area (Å²) in [5, 5.41) is 7.12. The van der Waals surface area contributed by atoms with E-state index in [0.717, 1.165) is 35.6 Å². The zero-order valence-corrected chi connectivity index (χ0v) is 17.4. The number of aliphatic carboxylic acids is 1. The molecule has 0 unspecified atom stereocenters. The molecular formula is C20H22F3N5O4. The molecule has 0 aromatic carbocycles. The summed E-state index contributed by atoms with van der Waals surface area (Å²) in [6.45, 7) is 5.35. The Bertz CT molecular complexity index is 1170. The Morgan fingerprint density at radius 2 is 1.81 bits per heavy atom. The van der Waals surface area contributed by atoms with Crippen LogP contribution in [0.2, 0.25) is 0 Å². The van der Waals surface area contributed by atoms with Gasteiger partial charge in [0.15, 0.2) is 0 Å². The summed E-state index contributed by atoms with van der Waals surface area (Å²) in [7, 11) is 0. The van der Waals surface area contributed by atoms with Gasteiger partial charge in [0.05, 0.1) is 11.2 Å². The highest BCUT2D eigenvalue weighted by molar-refractivity contribution is 5.93. The topological polar surface area (TPSA) is 124 Å². The molecule has 32 heavy (non-hydrogen) atoms. The van der Waals surface area contributed by atoms with E-state index in [0.29, 0.717) is 24.7 Å². The lowest BCUT2D eigenvalue weighted by Crippen LogP contribution is -2.39. The van der Waals surface area contributed by atoms with Crippen LogP contribution in [-0.4, -0.2) is 60.5 Å². The molecule has 0 atom stereocenters. The van der Waals surface area contributed by atoms with E-state index in [1.807, 2.05) is 24.8 Å². The largest absolute Gasteiger partial charge is 0.490 e. The van der Waals surface area contributed by atoms with Crippen molar-refractivity contribution < 1.29 is 27.9 Å². The Labute approximate surface area is 179 Å². The summed E-state index contributed by atoms with van der Waals surface area (Å²) in [5.74, 6) is -1.51. The Hall–Kier alpha value is -3.57. The molecule has 1 fully saturated rings. The molecule has 0 bridgehead atoms. The minimum atomic E-state index is -5.08. The number of amides is 1. The van der Waals surface area contributed by atoms with Crippen LogP contribution in [0.5, 0.6) is 0 Å². The normalized spacial score (nSPS) is 14.8. The van der Waals surface area contributed by atoms with E-state index in [2.05, 4.69) is 15.0 Å².